The van der Waals surface area contributed by atoms with Crippen molar-refractivity contribution in [2.24, 2.45) is 34.6 Å². The van der Waals surface area contributed by atoms with E-state index in [0.29, 0.717) is 25.6 Å². The average molecular weight is 374 g/mol. The summed E-state index contributed by atoms with van der Waals surface area (Å²) < 4.78 is 0. The summed E-state index contributed by atoms with van der Waals surface area (Å²) in [4.78, 5) is 31.4. The molecule has 2 bridgehead atoms. The van der Waals surface area contributed by atoms with Crippen LogP contribution >= 0.6 is 0 Å². The van der Waals surface area contributed by atoms with E-state index >= 15 is 0 Å². The molecule has 2 saturated carbocycles. The number of hydrogen-bond donors (Lipinski definition) is 3. The quantitative estimate of drug-likeness (QED) is 0.273. The highest BCUT2D eigenvalue weighted by molar-refractivity contribution is 6.06. The lowest BCUT2D eigenvalue weighted by Crippen LogP contribution is -2.44. The van der Waals surface area contributed by atoms with Gasteiger partial charge < -0.3 is 15.7 Å². The highest BCUT2D eigenvalue weighted by atomic mass is 16.3. The van der Waals surface area contributed by atoms with E-state index in [1.807, 2.05) is 6.92 Å². The van der Waals surface area contributed by atoms with Gasteiger partial charge in [-0.3, -0.25) is 19.5 Å². The maximum Gasteiger partial charge on any atom is 0.233 e. The van der Waals surface area contributed by atoms with Crippen LogP contribution in [0.25, 0.3) is 0 Å². The summed E-state index contributed by atoms with van der Waals surface area (Å²) in [6, 6.07) is 0. The molecule has 4 aliphatic rings. The minimum atomic E-state index is -0.250. The first kappa shape index (κ1) is 18.5. The molecule has 0 radical (unpaired) electrons. The van der Waals surface area contributed by atoms with Gasteiger partial charge >= 0.3 is 0 Å². The Kier molecular flexibility index (Phi) is 5.21. The Labute approximate surface area is 160 Å². The standard InChI is InChI=1S/C20H30N4O3/c1-2-21-20(23-11-14-4-3-5-15(14)25)22-8-9-24-18(26)16-12-6-7-13(10-12)17(16)19(24)27/h6-7,12-17,25H,2-5,8-11H2,1H3,(H2,21,22,23). The van der Waals surface area contributed by atoms with Gasteiger partial charge in [-0.05, 0) is 38.0 Å². The van der Waals surface area contributed by atoms with Crippen molar-refractivity contribution < 1.29 is 14.7 Å². The van der Waals surface area contributed by atoms with Crippen LogP contribution in [0.15, 0.2) is 17.1 Å². The molecule has 2 amide bonds. The van der Waals surface area contributed by atoms with Gasteiger partial charge in [-0.15, -0.1) is 0 Å². The van der Waals surface area contributed by atoms with Crippen molar-refractivity contribution in [3.8, 4) is 0 Å². The number of imide groups is 1. The van der Waals surface area contributed by atoms with E-state index in [1.165, 1.54) is 4.90 Å². The molecule has 7 nitrogen and oxygen atoms in total. The van der Waals surface area contributed by atoms with E-state index in [4.69, 9.17) is 0 Å². The average Bonchev–Trinajstić information content (AvgIpc) is 3.41. The van der Waals surface area contributed by atoms with E-state index in [0.717, 1.165) is 32.2 Å². The van der Waals surface area contributed by atoms with Gasteiger partial charge in [-0.2, -0.15) is 0 Å². The van der Waals surface area contributed by atoms with Gasteiger partial charge in [-0.1, -0.05) is 18.6 Å². The minimum Gasteiger partial charge on any atom is -0.393 e. The molecule has 7 heteroatoms. The Balaban J connectivity index is 1.30. The topological polar surface area (TPSA) is 94.0 Å². The molecule has 6 unspecified atom stereocenters. The zero-order chi connectivity index (χ0) is 19.0. The third-order valence-corrected chi connectivity index (χ3v) is 6.64. The van der Waals surface area contributed by atoms with Crippen molar-refractivity contribution in [2.45, 2.75) is 38.7 Å². The summed E-state index contributed by atoms with van der Waals surface area (Å²) in [7, 11) is 0. The van der Waals surface area contributed by atoms with Crippen LogP contribution in [0.2, 0.25) is 0 Å². The molecular weight excluding hydrogens is 344 g/mol. The van der Waals surface area contributed by atoms with Crippen LogP contribution in [-0.2, 0) is 9.59 Å². The SMILES string of the molecule is CCNC(=NCC1CCCC1O)NCCN1C(=O)C2C3C=CC(C3)C2C1=O. The Bertz CT molecular complexity index is 632. The fraction of sp³-hybridized carbons (Fsp3) is 0.750. The van der Waals surface area contributed by atoms with E-state index in [2.05, 4.69) is 27.8 Å². The molecule has 3 N–H and O–H groups in total. The van der Waals surface area contributed by atoms with Crippen molar-refractivity contribution in [1.82, 2.24) is 15.5 Å². The Morgan fingerprint density at radius 2 is 1.89 bits per heavy atom. The summed E-state index contributed by atoms with van der Waals surface area (Å²) in [6.45, 7) is 4.19. The van der Waals surface area contributed by atoms with Crippen molar-refractivity contribution in [3.05, 3.63) is 12.2 Å². The van der Waals surface area contributed by atoms with Gasteiger partial charge in [0.2, 0.25) is 11.8 Å². The van der Waals surface area contributed by atoms with Crippen molar-refractivity contribution in [1.29, 1.82) is 0 Å². The molecule has 3 fully saturated rings. The number of likely N-dealkylation sites (tertiary alicyclic amines) is 1. The lowest BCUT2D eigenvalue weighted by Gasteiger charge is -2.19. The number of guanidine groups is 1. The number of aliphatic imine (C=N–C) groups is 1. The molecular formula is C20H30N4O3. The lowest BCUT2D eigenvalue weighted by molar-refractivity contribution is -0.140. The molecule has 148 valence electrons. The van der Waals surface area contributed by atoms with Gasteiger partial charge in [0.1, 0.15) is 0 Å². The second-order valence-corrected chi connectivity index (χ2v) is 8.23. The van der Waals surface area contributed by atoms with E-state index in [-0.39, 0.29) is 47.5 Å². The highest BCUT2D eigenvalue weighted by Crippen LogP contribution is 2.52. The molecule has 0 spiro atoms. The summed E-state index contributed by atoms with van der Waals surface area (Å²) in [5.74, 6) is 1.16. The van der Waals surface area contributed by atoms with Crippen LogP contribution in [0.3, 0.4) is 0 Å². The molecule has 3 aliphatic carbocycles. The number of nitrogens with zero attached hydrogens (tertiary/aromatic N) is 2. The summed E-state index contributed by atoms with van der Waals surface area (Å²) >= 11 is 0. The molecule has 4 rings (SSSR count). The monoisotopic (exact) mass is 374 g/mol. The van der Waals surface area contributed by atoms with Crippen LogP contribution in [0.5, 0.6) is 0 Å². The fourth-order valence-corrected chi connectivity index (χ4v) is 5.25. The molecule has 27 heavy (non-hydrogen) atoms. The number of fused-ring (bicyclic) bond motifs is 5. The van der Waals surface area contributed by atoms with Crippen LogP contribution in [0.1, 0.15) is 32.6 Å². The van der Waals surface area contributed by atoms with E-state index in [1.54, 1.807) is 0 Å². The van der Waals surface area contributed by atoms with Crippen LogP contribution in [-0.4, -0.2) is 60.1 Å². The first-order valence-corrected chi connectivity index (χ1v) is 10.3. The van der Waals surface area contributed by atoms with Gasteiger partial charge in [0, 0.05) is 32.1 Å². The molecule has 0 aromatic heterocycles. The lowest BCUT2D eigenvalue weighted by atomic mass is 9.85. The first-order chi connectivity index (χ1) is 13.1. The molecule has 1 saturated heterocycles. The van der Waals surface area contributed by atoms with Crippen molar-refractivity contribution in [3.63, 3.8) is 0 Å². The molecule has 1 aliphatic heterocycles. The van der Waals surface area contributed by atoms with Crippen LogP contribution in [0, 0.1) is 29.6 Å². The van der Waals surface area contributed by atoms with Gasteiger partial charge in [0.25, 0.3) is 0 Å². The third-order valence-electron chi connectivity index (χ3n) is 6.64. The number of carbonyl (C=O) groups excluding carboxylic acids is 2. The molecule has 0 aromatic carbocycles. The number of nitrogens with one attached hydrogen (secondary N) is 2. The fourth-order valence-electron chi connectivity index (χ4n) is 5.25. The molecule has 0 aromatic rings. The second kappa shape index (κ2) is 7.62. The van der Waals surface area contributed by atoms with E-state index in [9.17, 15) is 14.7 Å². The predicted molar refractivity (Wildman–Crippen MR) is 102 cm³/mol. The molecule has 6 atom stereocenters. The highest BCUT2D eigenvalue weighted by Gasteiger charge is 2.58. The number of carbonyl (C=O) groups is 2. The maximum atomic E-state index is 12.7. The number of rotatable bonds is 6. The van der Waals surface area contributed by atoms with E-state index < -0.39 is 0 Å². The zero-order valence-corrected chi connectivity index (χ0v) is 15.9. The normalized spacial score (nSPS) is 37.4. The first-order valence-electron chi connectivity index (χ1n) is 10.3. The van der Waals surface area contributed by atoms with Crippen molar-refractivity contribution >= 4 is 17.8 Å². The zero-order valence-electron chi connectivity index (χ0n) is 15.9. The summed E-state index contributed by atoms with van der Waals surface area (Å²) in [6.07, 6.45) is 7.88. The smallest absolute Gasteiger partial charge is 0.233 e. The van der Waals surface area contributed by atoms with Gasteiger partial charge in [0.05, 0.1) is 17.9 Å². The van der Waals surface area contributed by atoms with Crippen LogP contribution in [0.4, 0.5) is 0 Å². The predicted octanol–water partition coefficient (Wildman–Crippen LogP) is 0.510. The number of allylic oxidation sites excluding steroid dienone is 2. The summed E-state index contributed by atoms with van der Waals surface area (Å²) in [5.41, 5.74) is 0. The van der Waals surface area contributed by atoms with Gasteiger partial charge in [0.15, 0.2) is 5.96 Å². The van der Waals surface area contributed by atoms with Crippen molar-refractivity contribution in [2.75, 3.05) is 26.2 Å². The van der Waals surface area contributed by atoms with Crippen LogP contribution < -0.4 is 10.6 Å². The Morgan fingerprint density at radius 3 is 2.48 bits per heavy atom. The number of aliphatic hydroxyl groups is 1. The maximum absolute atomic E-state index is 12.7. The Hall–Kier alpha value is -1.89. The third kappa shape index (κ3) is 3.37. The Morgan fingerprint density at radius 1 is 1.19 bits per heavy atom. The number of aliphatic hydroxyl groups excluding tert-OH is 1. The van der Waals surface area contributed by atoms with Gasteiger partial charge in [-0.25, -0.2) is 0 Å². The largest absolute Gasteiger partial charge is 0.393 e. The minimum absolute atomic E-state index is 0.000308. The number of amides is 2. The molecule has 1 heterocycles. The second-order valence-electron chi connectivity index (χ2n) is 8.23. The number of hydrogen-bond acceptors (Lipinski definition) is 4. The summed E-state index contributed by atoms with van der Waals surface area (Å²) in [5, 5.41) is 16.4.